The van der Waals surface area contributed by atoms with Crippen LogP contribution in [0.3, 0.4) is 0 Å². The van der Waals surface area contributed by atoms with Crippen LogP contribution >= 0.6 is 0 Å². The van der Waals surface area contributed by atoms with Crippen molar-refractivity contribution in [2.45, 2.75) is 20.3 Å². The maximum absolute atomic E-state index is 8.12. The Labute approximate surface area is 54.7 Å². The fourth-order valence-corrected chi connectivity index (χ4v) is 0.236. The number of carbonyl (C=O) groups excluding carboxylic acids is 2. The van der Waals surface area contributed by atoms with E-state index in [4.69, 9.17) is 9.59 Å². The first-order valence-electron chi connectivity index (χ1n) is 2.43. The molecule has 0 atom stereocenters. The first kappa shape index (κ1) is 15.7. The van der Waals surface area contributed by atoms with E-state index in [9.17, 15) is 0 Å². The van der Waals surface area contributed by atoms with Gasteiger partial charge >= 0.3 is 6.15 Å². The summed E-state index contributed by atoms with van der Waals surface area (Å²) in [5, 5.41) is 0. The Morgan fingerprint density at radius 2 is 1.78 bits per heavy atom. The second-order valence-electron chi connectivity index (χ2n) is 1.06. The Balaban J connectivity index is -0.0000000800. The van der Waals surface area contributed by atoms with Crippen molar-refractivity contribution < 1.29 is 15.1 Å². The zero-order valence-corrected chi connectivity index (χ0v) is 5.68. The summed E-state index contributed by atoms with van der Waals surface area (Å²) in [6.07, 6.45) is 5.59. The van der Waals surface area contributed by atoms with Crippen LogP contribution in [0.2, 0.25) is 0 Å². The van der Waals surface area contributed by atoms with E-state index < -0.39 is 0 Å². The van der Waals surface area contributed by atoms with Gasteiger partial charge in [0.2, 0.25) is 0 Å². The van der Waals surface area contributed by atoms with E-state index in [2.05, 4.69) is 19.1 Å². The third-order valence-electron chi connectivity index (χ3n) is 0.471. The Morgan fingerprint density at radius 3 is 1.78 bits per heavy atom. The molecule has 54 valence electrons. The molecule has 0 radical (unpaired) electrons. The van der Waals surface area contributed by atoms with Gasteiger partial charge in [-0.3, -0.25) is 0 Å². The van der Waals surface area contributed by atoms with Crippen LogP contribution in [0.5, 0.6) is 0 Å². The molecule has 0 rings (SSSR count). The molecule has 0 aromatic rings. The predicted octanol–water partition coefficient (Wildman–Crippen LogP) is 0.564. The van der Waals surface area contributed by atoms with E-state index in [1.54, 1.807) is 0 Å². The van der Waals surface area contributed by atoms with E-state index in [1.165, 1.54) is 0 Å². The fourth-order valence-electron chi connectivity index (χ4n) is 0.236. The minimum Gasteiger partial charge on any atom is -0.412 e. The van der Waals surface area contributed by atoms with E-state index >= 15 is 0 Å². The third kappa shape index (κ3) is 157. The molecule has 3 nitrogen and oxygen atoms in total. The maximum atomic E-state index is 8.12. The molecule has 0 heterocycles. The lowest BCUT2D eigenvalue weighted by atomic mass is 10.4. The molecular formula is C6H12O3. The van der Waals surface area contributed by atoms with Crippen LogP contribution in [-0.4, -0.2) is 11.6 Å². The van der Waals surface area contributed by atoms with E-state index in [-0.39, 0.29) is 11.6 Å². The highest BCUT2D eigenvalue weighted by Gasteiger charge is 1.52. The van der Waals surface area contributed by atoms with Gasteiger partial charge in [-0.15, -0.1) is 0 Å². The van der Waals surface area contributed by atoms with Crippen LogP contribution in [-0.2, 0) is 9.59 Å². The molecule has 0 aromatic carbocycles. The molecule has 0 unspecified atom stereocenters. The van der Waals surface area contributed by atoms with Crippen molar-refractivity contribution in [3.05, 3.63) is 12.2 Å². The molecule has 2 N–H and O–H groups in total. The monoisotopic (exact) mass is 132 g/mol. The van der Waals surface area contributed by atoms with Gasteiger partial charge in [-0.05, 0) is 13.3 Å². The Morgan fingerprint density at radius 1 is 1.44 bits per heavy atom. The van der Waals surface area contributed by atoms with Gasteiger partial charge in [-0.2, -0.15) is 9.59 Å². The van der Waals surface area contributed by atoms with Crippen LogP contribution in [0, 0.1) is 0 Å². The Kier molecular flexibility index (Phi) is 48.1. The van der Waals surface area contributed by atoms with Crippen LogP contribution in [0.15, 0.2) is 12.2 Å². The summed E-state index contributed by atoms with van der Waals surface area (Å²) in [6, 6.07) is 0. The number of hydrogen-bond acceptors (Lipinski definition) is 2. The summed E-state index contributed by atoms with van der Waals surface area (Å²) in [4.78, 5) is 16.2. The summed E-state index contributed by atoms with van der Waals surface area (Å²) in [6.45, 7) is 4.16. The highest BCUT2D eigenvalue weighted by atomic mass is 16.2. The molecule has 0 aliphatic heterocycles. The quantitative estimate of drug-likeness (QED) is 0.489. The largest absolute Gasteiger partial charge is 0.412 e. The van der Waals surface area contributed by atoms with Crippen molar-refractivity contribution in [1.82, 2.24) is 0 Å². The molecule has 9 heavy (non-hydrogen) atoms. The lowest BCUT2D eigenvalue weighted by Crippen LogP contribution is -1.43. The highest BCUT2D eigenvalue weighted by Crippen LogP contribution is 1.73. The Bertz CT molecular complexity index is 80.3. The van der Waals surface area contributed by atoms with E-state index in [0.29, 0.717) is 0 Å². The molecular weight excluding hydrogens is 120 g/mol. The number of rotatable bonds is 1. The third-order valence-corrected chi connectivity index (χ3v) is 0.471. The molecule has 0 saturated carbocycles. The van der Waals surface area contributed by atoms with Gasteiger partial charge in [0, 0.05) is 0 Å². The van der Waals surface area contributed by atoms with Gasteiger partial charge in [0.05, 0.1) is 0 Å². The average molecular weight is 132 g/mol. The molecule has 0 amide bonds. The molecule has 0 aromatic heterocycles. The molecule has 0 spiro atoms. The van der Waals surface area contributed by atoms with Crippen LogP contribution in [0.1, 0.15) is 20.3 Å². The van der Waals surface area contributed by atoms with Crippen molar-refractivity contribution in [2.24, 2.45) is 0 Å². The summed E-state index contributed by atoms with van der Waals surface area (Å²) in [5.41, 5.74) is 0. The zero-order chi connectivity index (χ0) is 6.83. The standard InChI is InChI=1S/C5H10.CO2.H2O/c1-3-5-4-2;2-1-3;/h3,5H,4H2,1-2H3;;1H2. The zero-order valence-electron chi connectivity index (χ0n) is 5.68. The van der Waals surface area contributed by atoms with Gasteiger partial charge in [0.1, 0.15) is 0 Å². The van der Waals surface area contributed by atoms with Crippen LogP contribution < -0.4 is 0 Å². The molecule has 0 bridgehead atoms. The van der Waals surface area contributed by atoms with E-state index in [0.717, 1.165) is 6.42 Å². The van der Waals surface area contributed by atoms with E-state index in [1.807, 2.05) is 6.92 Å². The first-order valence-corrected chi connectivity index (χ1v) is 2.43. The van der Waals surface area contributed by atoms with Crippen LogP contribution in [0.4, 0.5) is 0 Å². The highest BCUT2D eigenvalue weighted by molar-refractivity contribution is 5.20. The Hall–Kier alpha value is -0.920. The van der Waals surface area contributed by atoms with Gasteiger partial charge in [-0.1, -0.05) is 19.1 Å². The number of hydrogen-bond donors (Lipinski definition) is 0. The topological polar surface area (TPSA) is 65.6 Å². The fraction of sp³-hybridized carbons (Fsp3) is 0.500. The maximum Gasteiger partial charge on any atom is 0.373 e. The van der Waals surface area contributed by atoms with Gasteiger partial charge in [-0.25, -0.2) is 0 Å². The van der Waals surface area contributed by atoms with Crippen LogP contribution in [0.25, 0.3) is 0 Å². The van der Waals surface area contributed by atoms with Crippen molar-refractivity contribution in [3.8, 4) is 0 Å². The molecule has 0 fully saturated rings. The van der Waals surface area contributed by atoms with Gasteiger partial charge in [0.25, 0.3) is 0 Å². The summed E-state index contributed by atoms with van der Waals surface area (Å²) in [7, 11) is 0. The predicted molar refractivity (Wildman–Crippen MR) is 33.7 cm³/mol. The molecule has 0 aliphatic rings. The van der Waals surface area contributed by atoms with Gasteiger partial charge < -0.3 is 5.48 Å². The summed E-state index contributed by atoms with van der Waals surface area (Å²) < 4.78 is 0. The normalized spacial score (nSPS) is 6.44. The minimum absolute atomic E-state index is 0. The molecule has 0 saturated heterocycles. The molecule has 3 heteroatoms. The second kappa shape index (κ2) is 27.6. The van der Waals surface area contributed by atoms with Crippen molar-refractivity contribution in [3.63, 3.8) is 0 Å². The number of allylic oxidation sites excluding steroid dienone is 2. The second-order valence-corrected chi connectivity index (χ2v) is 1.06. The van der Waals surface area contributed by atoms with Gasteiger partial charge in [0.15, 0.2) is 0 Å². The lowest BCUT2D eigenvalue weighted by Gasteiger charge is -1.65. The summed E-state index contributed by atoms with van der Waals surface area (Å²) in [5.74, 6) is 0. The minimum atomic E-state index is 0. The van der Waals surface area contributed by atoms with Crippen molar-refractivity contribution in [1.29, 1.82) is 0 Å². The van der Waals surface area contributed by atoms with Crippen molar-refractivity contribution >= 4 is 6.15 Å². The SMILES string of the molecule is CC=CCC.O.O=C=O. The lowest BCUT2D eigenvalue weighted by molar-refractivity contribution is -0.191. The average Bonchev–Trinajstić information content (AvgIpc) is 1.71. The summed E-state index contributed by atoms with van der Waals surface area (Å²) >= 11 is 0. The first-order chi connectivity index (χ1) is 3.83. The van der Waals surface area contributed by atoms with Crippen molar-refractivity contribution in [2.75, 3.05) is 0 Å². The molecule has 0 aliphatic carbocycles. The smallest absolute Gasteiger partial charge is 0.373 e.